The molecular weight excluding hydrogens is 418 g/mol. The fourth-order valence-corrected chi connectivity index (χ4v) is 4.79. The molecule has 0 amide bonds. The van der Waals surface area contributed by atoms with E-state index >= 15 is 0 Å². The van der Waals surface area contributed by atoms with Crippen molar-refractivity contribution >= 4 is 27.4 Å². The average molecular weight is 440 g/mol. The predicted molar refractivity (Wildman–Crippen MR) is 108 cm³/mol. The number of benzene rings is 1. The highest BCUT2D eigenvalue weighted by atomic mass is 35.5. The average Bonchev–Trinajstić information content (AvgIpc) is 2.99. The molecule has 0 saturated carbocycles. The first kappa shape index (κ1) is 20.2. The molecule has 1 aromatic carbocycles. The van der Waals surface area contributed by atoms with Crippen LogP contribution in [-0.4, -0.2) is 57.2 Å². The summed E-state index contributed by atoms with van der Waals surface area (Å²) < 4.78 is 43.3. The lowest BCUT2D eigenvalue weighted by Crippen LogP contribution is -2.40. The van der Waals surface area contributed by atoms with Crippen molar-refractivity contribution in [2.24, 2.45) is 0 Å². The lowest BCUT2D eigenvalue weighted by molar-refractivity contribution is 0.0730. The number of sulfonamides is 1. The summed E-state index contributed by atoms with van der Waals surface area (Å²) in [5.74, 6) is 1.77. The molecule has 8 nitrogen and oxygen atoms in total. The molecule has 2 aliphatic rings. The Morgan fingerprint density at radius 1 is 1.10 bits per heavy atom. The molecule has 1 N–H and O–H groups in total. The molecule has 3 heterocycles. The Morgan fingerprint density at radius 2 is 1.90 bits per heavy atom. The third-order valence-electron chi connectivity index (χ3n) is 4.68. The SMILES string of the molecule is O=S(=O)(c1ccc(NCc2cc(Cl)c3c(c2)OCCCO3)nc1)N1CCOCC1. The summed E-state index contributed by atoms with van der Waals surface area (Å²) in [4.78, 5) is 4.41. The topological polar surface area (TPSA) is 90.0 Å². The van der Waals surface area contributed by atoms with Gasteiger partial charge in [0.2, 0.25) is 10.0 Å². The first-order chi connectivity index (χ1) is 14.0. The van der Waals surface area contributed by atoms with Gasteiger partial charge in [0.1, 0.15) is 10.7 Å². The number of hydrogen-bond donors (Lipinski definition) is 1. The lowest BCUT2D eigenvalue weighted by Gasteiger charge is -2.25. The standard InChI is InChI=1S/C19H22ClN3O5S/c20-16-10-14(11-17-19(16)28-7-1-6-27-17)12-21-18-3-2-15(13-22-18)29(24,25)23-4-8-26-9-5-23/h2-3,10-11,13H,1,4-9,12H2,(H,21,22). The van der Waals surface area contributed by atoms with E-state index in [2.05, 4.69) is 10.3 Å². The molecule has 0 atom stereocenters. The number of nitrogens with zero attached hydrogens (tertiary/aromatic N) is 2. The molecule has 0 spiro atoms. The van der Waals surface area contributed by atoms with E-state index in [1.165, 1.54) is 10.5 Å². The fraction of sp³-hybridized carbons (Fsp3) is 0.421. The van der Waals surface area contributed by atoms with Gasteiger partial charge in [0, 0.05) is 32.3 Å². The van der Waals surface area contributed by atoms with Crippen molar-refractivity contribution in [3.8, 4) is 11.5 Å². The van der Waals surface area contributed by atoms with E-state index < -0.39 is 10.0 Å². The third-order valence-corrected chi connectivity index (χ3v) is 6.84. The van der Waals surface area contributed by atoms with Crippen LogP contribution in [0.15, 0.2) is 35.4 Å². The highest BCUT2D eigenvalue weighted by Crippen LogP contribution is 2.38. The minimum absolute atomic E-state index is 0.170. The van der Waals surface area contributed by atoms with Crippen molar-refractivity contribution in [3.05, 3.63) is 41.0 Å². The number of nitrogens with one attached hydrogen (secondary N) is 1. The zero-order valence-corrected chi connectivity index (χ0v) is 17.3. The molecule has 2 aromatic rings. The van der Waals surface area contributed by atoms with Crippen LogP contribution in [0.3, 0.4) is 0 Å². The number of aromatic nitrogens is 1. The minimum Gasteiger partial charge on any atom is -0.489 e. The monoisotopic (exact) mass is 439 g/mol. The Balaban J connectivity index is 1.43. The van der Waals surface area contributed by atoms with Crippen molar-refractivity contribution in [3.63, 3.8) is 0 Å². The van der Waals surface area contributed by atoms with Gasteiger partial charge < -0.3 is 19.5 Å². The van der Waals surface area contributed by atoms with Gasteiger partial charge in [-0.1, -0.05) is 11.6 Å². The van der Waals surface area contributed by atoms with E-state index in [-0.39, 0.29) is 4.90 Å². The van der Waals surface area contributed by atoms with Crippen LogP contribution in [0.25, 0.3) is 0 Å². The van der Waals surface area contributed by atoms with Crippen LogP contribution in [0.5, 0.6) is 11.5 Å². The minimum atomic E-state index is -3.55. The van der Waals surface area contributed by atoms with Crippen molar-refractivity contribution < 1.29 is 22.6 Å². The number of fused-ring (bicyclic) bond motifs is 1. The van der Waals surface area contributed by atoms with Gasteiger partial charge in [-0.3, -0.25) is 0 Å². The Labute approximate surface area is 174 Å². The maximum absolute atomic E-state index is 12.6. The quantitative estimate of drug-likeness (QED) is 0.765. The molecule has 0 unspecified atom stereocenters. The Morgan fingerprint density at radius 3 is 2.66 bits per heavy atom. The molecule has 1 saturated heterocycles. The second-order valence-electron chi connectivity index (χ2n) is 6.70. The summed E-state index contributed by atoms with van der Waals surface area (Å²) in [5, 5.41) is 3.68. The van der Waals surface area contributed by atoms with E-state index in [1.807, 2.05) is 12.1 Å². The molecule has 10 heteroatoms. The van der Waals surface area contributed by atoms with Crippen molar-refractivity contribution in [1.29, 1.82) is 0 Å². The fourth-order valence-electron chi connectivity index (χ4n) is 3.15. The molecule has 4 rings (SSSR count). The van der Waals surface area contributed by atoms with Gasteiger partial charge in [0.25, 0.3) is 0 Å². The first-order valence-corrected chi connectivity index (χ1v) is 11.2. The van der Waals surface area contributed by atoms with E-state index in [4.69, 9.17) is 25.8 Å². The van der Waals surface area contributed by atoms with E-state index in [0.29, 0.717) is 68.4 Å². The third kappa shape index (κ3) is 4.58. The summed E-state index contributed by atoms with van der Waals surface area (Å²) in [5.41, 5.74) is 0.908. The summed E-state index contributed by atoms with van der Waals surface area (Å²) in [7, 11) is -3.55. The van der Waals surface area contributed by atoms with Crippen molar-refractivity contribution in [1.82, 2.24) is 9.29 Å². The molecule has 156 valence electrons. The molecule has 0 bridgehead atoms. The Bertz CT molecular complexity index is 963. The smallest absolute Gasteiger partial charge is 0.244 e. The van der Waals surface area contributed by atoms with Gasteiger partial charge in [-0.25, -0.2) is 13.4 Å². The summed E-state index contributed by atoms with van der Waals surface area (Å²) >= 11 is 6.32. The number of ether oxygens (including phenoxy) is 3. The van der Waals surface area contributed by atoms with Crippen LogP contribution in [0.1, 0.15) is 12.0 Å². The number of halogens is 1. The zero-order valence-electron chi connectivity index (χ0n) is 15.8. The normalized spacial score (nSPS) is 17.6. The summed E-state index contributed by atoms with van der Waals surface area (Å²) in [6.45, 7) is 3.14. The van der Waals surface area contributed by atoms with Crippen LogP contribution < -0.4 is 14.8 Å². The second kappa shape index (κ2) is 8.74. The summed E-state index contributed by atoms with van der Waals surface area (Å²) in [6.07, 6.45) is 2.18. The van der Waals surface area contributed by atoms with Gasteiger partial charge in [-0.05, 0) is 29.8 Å². The van der Waals surface area contributed by atoms with Crippen LogP contribution in [0.2, 0.25) is 5.02 Å². The van der Waals surface area contributed by atoms with Crippen LogP contribution in [0, 0.1) is 0 Å². The Hall–Kier alpha value is -2.07. The van der Waals surface area contributed by atoms with Gasteiger partial charge >= 0.3 is 0 Å². The molecule has 1 aromatic heterocycles. The van der Waals surface area contributed by atoms with E-state index in [9.17, 15) is 8.42 Å². The zero-order chi connectivity index (χ0) is 20.3. The number of anilines is 1. The molecule has 0 radical (unpaired) electrons. The van der Waals surface area contributed by atoms with Crippen molar-refractivity contribution in [2.75, 3.05) is 44.8 Å². The van der Waals surface area contributed by atoms with Crippen molar-refractivity contribution in [2.45, 2.75) is 17.9 Å². The highest BCUT2D eigenvalue weighted by Gasteiger charge is 2.26. The molecule has 29 heavy (non-hydrogen) atoms. The summed E-state index contributed by atoms with van der Waals surface area (Å²) in [6, 6.07) is 6.91. The van der Waals surface area contributed by atoms with Crippen LogP contribution in [0.4, 0.5) is 5.82 Å². The molecular formula is C19H22ClN3O5S. The maximum Gasteiger partial charge on any atom is 0.244 e. The van der Waals surface area contributed by atoms with E-state index in [1.54, 1.807) is 12.1 Å². The van der Waals surface area contributed by atoms with Gasteiger partial charge in [0.15, 0.2) is 11.5 Å². The highest BCUT2D eigenvalue weighted by molar-refractivity contribution is 7.89. The number of morpholine rings is 1. The molecule has 1 fully saturated rings. The number of rotatable bonds is 5. The van der Waals surface area contributed by atoms with E-state index in [0.717, 1.165) is 12.0 Å². The number of pyridine rings is 1. The second-order valence-corrected chi connectivity index (χ2v) is 9.05. The van der Waals surface area contributed by atoms with Crippen LogP contribution in [-0.2, 0) is 21.3 Å². The first-order valence-electron chi connectivity index (χ1n) is 9.40. The number of hydrogen-bond acceptors (Lipinski definition) is 7. The maximum atomic E-state index is 12.6. The predicted octanol–water partition coefficient (Wildman–Crippen LogP) is 2.53. The van der Waals surface area contributed by atoms with Gasteiger partial charge in [-0.2, -0.15) is 4.31 Å². The van der Waals surface area contributed by atoms with Gasteiger partial charge in [-0.15, -0.1) is 0 Å². The lowest BCUT2D eigenvalue weighted by atomic mass is 10.2. The van der Waals surface area contributed by atoms with Gasteiger partial charge in [0.05, 0.1) is 31.5 Å². The molecule has 2 aliphatic heterocycles. The Kier molecular flexibility index (Phi) is 6.09. The van der Waals surface area contributed by atoms with Crippen LogP contribution >= 0.6 is 11.6 Å². The largest absolute Gasteiger partial charge is 0.489 e. The molecule has 0 aliphatic carbocycles.